The van der Waals surface area contributed by atoms with Crippen LogP contribution in [-0.2, 0) is 0 Å². The highest BCUT2D eigenvalue weighted by Crippen LogP contribution is 2.22. The topological polar surface area (TPSA) is 58.3 Å². The van der Waals surface area contributed by atoms with Crippen LogP contribution in [0.2, 0.25) is 0 Å². The monoisotopic (exact) mass is 244 g/mol. The minimum atomic E-state index is -0.693. The predicted octanol–water partition coefficient (Wildman–Crippen LogP) is 2.37. The number of nitrogens with two attached hydrogens (primary N) is 1. The number of hydrogen-bond donors (Lipinski definition) is 3. The number of nitrogen functional groups attached to an aromatic ring is 1. The Morgan fingerprint density at radius 3 is 2.41 bits per heavy atom. The zero-order valence-electron chi connectivity index (χ0n) is 9.84. The van der Waals surface area contributed by atoms with Gasteiger partial charge in [-0.3, -0.25) is 0 Å². The lowest BCUT2D eigenvalue weighted by Crippen LogP contribution is -2.16. The van der Waals surface area contributed by atoms with Crippen molar-refractivity contribution in [1.82, 2.24) is 0 Å². The molecule has 1 atom stereocenters. The minimum absolute atomic E-state index is 0.0629. The third-order valence-corrected chi connectivity index (χ3v) is 2.75. The van der Waals surface area contributed by atoms with Gasteiger partial charge in [-0.05, 0) is 24.5 Å². The maximum absolute atomic E-state index is 13.4. The molecule has 1 aromatic rings. The van der Waals surface area contributed by atoms with Crippen molar-refractivity contribution in [2.45, 2.75) is 19.8 Å². The molecule has 5 heteroatoms. The fraction of sp³-hybridized carbons (Fsp3) is 0.500. The average molecular weight is 244 g/mol. The van der Waals surface area contributed by atoms with Gasteiger partial charge in [0.2, 0.25) is 0 Å². The Morgan fingerprint density at radius 2 is 1.94 bits per heavy atom. The van der Waals surface area contributed by atoms with Crippen LogP contribution in [0.4, 0.5) is 20.2 Å². The van der Waals surface area contributed by atoms with Crippen LogP contribution >= 0.6 is 0 Å². The highest BCUT2D eigenvalue weighted by molar-refractivity contribution is 5.54. The molecule has 3 nitrogen and oxygen atoms in total. The lowest BCUT2D eigenvalue weighted by Gasteiger charge is -2.16. The molecule has 96 valence electrons. The molecule has 0 aliphatic rings. The van der Waals surface area contributed by atoms with Gasteiger partial charge in [0, 0.05) is 18.8 Å². The summed E-state index contributed by atoms with van der Waals surface area (Å²) in [5, 5.41) is 11.5. The summed E-state index contributed by atoms with van der Waals surface area (Å²) < 4.78 is 26.8. The largest absolute Gasteiger partial charge is 0.399 e. The predicted molar refractivity (Wildman–Crippen MR) is 64.7 cm³/mol. The molecule has 0 fully saturated rings. The fourth-order valence-corrected chi connectivity index (χ4v) is 1.64. The third kappa shape index (κ3) is 3.85. The number of anilines is 2. The van der Waals surface area contributed by atoms with E-state index in [4.69, 9.17) is 10.8 Å². The first-order chi connectivity index (χ1) is 8.08. The van der Waals surface area contributed by atoms with Crippen molar-refractivity contribution in [2.24, 2.45) is 5.92 Å². The summed E-state index contributed by atoms with van der Waals surface area (Å²) in [4.78, 5) is 0. The second-order valence-electron chi connectivity index (χ2n) is 4.03. The number of aliphatic hydroxyl groups excluding tert-OH is 1. The van der Waals surface area contributed by atoms with Crippen LogP contribution in [0.1, 0.15) is 19.8 Å². The Labute approximate surface area is 99.6 Å². The van der Waals surface area contributed by atoms with Crippen LogP contribution in [-0.4, -0.2) is 18.3 Å². The van der Waals surface area contributed by atoms with Crippen molar-refractivity contribution in [1.29, 1.82) is 0 Å². The van der Waals surface area contributed by atoms with E-state index in [0.29, 0.717) is 13.0 Å². The first kappa shape index (κ1) is 13.7. The number of rotatable bonds is 6. The van der Waals surface area contributed by atoms with Gasteiger partial charge in [-0.15, -0.1) is 0 Å². The lowest BCUT2D eigenvalue weighted by molar-refractivity contribution is 0.258. The van der Waals surface area contributed by atoms with E-state index in [0.717, 1.165) is 18.6 Å². The smallest absolute Gasteiger partial charge is 0.151 e. The van der Waals surface area contributed by atoms with Crippen molar-refractivity contribution in [2.75, 3.05) is 24.2 Å². The van der Waals surface area contributed by atoms with E-state index in [1.165, 1.54) is 0 Å². The van der Waals surface area contributed by atoms with Gasteiger partial charge in [0.15, 0.2) is 11.6 Å². The Hall–Kier alpha value is -1.36. The molecule has 0 radical (unpaired) electrons. The second-order valence-corrected chi connectivity index (χ2v) is 4.03. The summed E-state index contributed by atoms with van der Waals surface area (Å²) in [7, 11) is 0. The van der Waals surface area contributed by atoms with Crippen molar-refractivity contribution >= 4 is 11.4 Å². The molecule has 0 bridgehead atoms. The van der Waals surface area contributed by atoms with Crippen LogP contribution in [0.25, 0.3) is 0 Å². The van der Waals surface area contributed by atoms with Crippen molar-refractivity contribution in [3.63, 3.8) is 0 Å². The first-order valence-electron chi connectivity index (χ1n) is 5.67. The molecule has 0 heterocycles. The highest BCUT2D eigenvalue weighted by Gasteiger charge is 2.12. The van der Waals surface area contributed by atoms with E-state index in [1.807, 2.05) is 6.92 Å². The van der Waals surface area contributed by atoms with Gasteiger partial charge in [-0.1, -0.05) is 13.3 Å². The Morgan fingerprint density at radius 1 is 1.35 bits per heavy atom. The molecule has 1 unspecified atom stereocenters. The molecule has 1 aromatic carbocycles. The normalized spacial score (nSPS) is 12.5. The maximum Gasteiger partial charge on any atom is 0.151 e. The van der Waals surface area contributed by atoms with Crippen LogP contribution in [0.3, 0.4) is 0 Å². The number of aliphatic hydroxyl groups is 1. The number of hydrogen-bond acceptors (Lipinski definition) is 3. The fourth-order valence-electron chi connectivity index (χ4n) is 1.64. The first-order valence-corrected chi connectivity index (χ1v) is 5.67. The molecule has 0 aliphatic heterocycles. The van der Waals surface area contributed by atoms with E-state index in [2.05, 4.69) is 5.32 Å². The summed E-state index contributed by atoms with van der Waals surface area (Å²) >= 11 is 0. The second kappa shape index (κ2) is 6.39. The van der Waals surface area contributed by atoms with Crippen molar-refractivity contribution < 1.29 is 13.9 Å². The number of nitrogens with one attached hydrogen (secondary N) is 1. The highest BCUT2D eigenvalue weighted by atomic mass is 19.1. The van der Waals surface area contributed by atoms with Gasteiger partial charge in [0.1, 0.15) is 5.69 Å². The van der Waals surface area contributed by atoms with Crippen molar-refractivity contribution in [3.8, 4) is 0 Å². The lowest BCUT2D eigenvalue weighted by atomic mass is 10.0. The molecule has 0 saturated heterocycles. The standard InChI is InChI=1S/C12H18F2N2O/c1-2-8(3-4-17)7-16-12-10(13)5-9(15)6-11(12)14/h5-6,8,16-17H,2-4,7,15H2,1H3. The zero-order valence-corrected chi connectivity index (χ0v) is 9.84. The summed E-state index contributed by atoms with van der Waals surface area (Å²) in [5.74, 6) is -1.20. The molecule has 0 amide bonds. The Balaban J connectivity index is 2.68. The van der Waals surface area contributed by atoms with Gasteiger partial charge < -0.3 is 16.2 Å². The Kier molecular flexibility index (Phi) is 5.15. The van der Waals surface area contributed by atoms with Gasteiger partial charge in [-0.2, -0.15) is 0 Å². The quantitative estimate of drug-likeness (QED) is 0.673. The van der Waals surface area contributed by atoms with Crippen LogP contribution in [0.5, 0.6) is 0 Å². The molecule has 0 spiro atoms. The van der Waals surface area contributed by atoms with Gasteiger partial charge in [-0.25, -0.2) is 8.78 Å². The molecule has 1 rings (SSSR count). The summed E-state index contributed by atoms with van der Waals surface area (Å²) in [6, 6.07) is 2.16. The van der Waals surface area contributed by atoms with E-state index >= 15 is 0 Å². The van der Waals surface area contributed by atoms with E-state index in [-0.39, 0.29) is 23.9 Å². The van der Waals surface area contributed by atoms with Gasteiger partial charge in [0.05, 0.1) is 0 Å². The van der Waals surface area contributed by atoms with E-state index in [9.17, 15) is 8.78 Å². The summed E-state index contributed by atoms with van der Waals surface area (Å²) in [6.45, 7) is 2.47. The number of halogens is 2. The summed E-state index contributed by atoms with van der Waals surface area (Å²) in [6.07, 6.45) is 1.45. The van der Waals surface area contributed by atoms with Crippen LogP contribution in [0, 0.1) is 17.6 Å². The molecule has 0 aliphatic carbocycles. The SMILES string of the molecule is CCC(CCO)CNc1c(F)cc(N)cc1F. The summed E-state index contributed by atoms with van der Waals surface area (Å²) in [5.41, 5.74) is 5.22. The molecule has 17 heavy (non-hydrogen) atoms. The minimum Gasteiger partial charge on any atom is -0.399 e. The average Bonchev–Trinajstić information content (AvgIpc) is 2.26. The van der Waals surface area contributed by atoms with Crippen molar-refractivity contribution in [3.05, 3.63) is 23.8 Å². The molecule has 0 saturated carbocycles. The van der Waals surface area contributed by atoms with Gasteiger partial charge >= 0.3 is 0 Å². The third-order valence-electron chi connectivity index (χ3n) is 2.75. The molecule has 4 N–H and O–H groups in total. The van der Waals surface area contributed by atoms with Crippen LogP contribution < -0.4 is 11.1 Å². The zero-order chi connectivity index (χ0) is 12.8. The number of benzene rings is 1. The molecular weight excluding hydrogens is 226 g/mol. The molecule has 0 aromatic heterocycles. The van der Waals surface area contributed by atoms with E-state index in [1.54, 1.807) is 0 Å². The Bertz CT molecular complexity index is 349. The van der Waals surface area contributed by atoms with E-state index < -0.39 is 11.6 Å². The molecular formula is C12H18F2N2O. The maximum atomic E-state index is 13.4. The van der Waals surface area contributed by atoms with Gasteiger partial charge in [0.25, 0.3) is 0 Å². The van der Waals surface area contributed by atoms with Crippen LogP contribution in [0.15, 0.2) is 12.1 Å².